The minimum absolute atomic E-state index is 0.148. The Hall–Kier alpha value is -2.80. The summed E-state index contributed by atoms with van der Waals surface area (Å²) in [5, 5.41) is 21.5. The highest BCUT2D eigenvalue weighted by Gasteiger charge is 2.21. The highest BCUT2D eigenvalue weighted by Crippen LogP contribution is 2.39. The molecule has 2 heterocycles. The molecule has 3 aromatic rings. The topological polar surface area (TPSA) is 86.5 Å². The maximum absolute atomic E-state index is 9.68. The van der Waals surface area contributed by atoms with Gasteiger partial charge in [0, 0.05) is 15.3 Å². The van der Waals surface area contributed by atoms with Gasteiger partial charge in [-0.15, -0.1) is 11.3 Å². The summed E-state index contributed by atoms with van der Waals surface area (Å²) in [6.45, 7) is 2.02. The van der Waals surface area contributed by atoms with E-state index in [9.17, 15) is 10.5 Å². The van der Waals surface area contributed by atoms with E-state index in [4.69, 9.17) is 5.73 Å². The molecule has 0 bridgehead atoms. The number of anilines is 1. The molecule has 3 rings (SSSR count). The first-order chi connectivity index (χ1) is 11.6. The number of nitrogen functional groups attached to an aromatic ring is 1. The van der Waals surface area contributed by atoms with E-state index in [0.717, 1.165) is 15.3 Å². The SMILES string of the molecule is Cc1ccc(Sc2nc(N)c(C#N)c(-c3cccs3)c2C#N)cc1. The first-order valence-electron chi connectivity index (χ1n) is 7.06. The van der Waals surface area contributed by atoms with Crippen molar-refractivity contribution in [3.8, 4) is 22.6 Å². The lowest BCUT2D eigenvalue weighted by Crippen LogP contribution is -2.02. The minimum Gasteiger partial charge on any atom is -0.383 e. The van der Waals surface area contributed by atoms with Crippen molar-refractivity contribution in [2.45, 2.75) is 16.8 Å². The summed E-state index contributed by atoms with van der Waals surface area (Å²) in [4.78, 5) is 6.10. The molecule has 6 heteroatoms. The molecule has 0 saturated carbocycles. The zero-order valence-corrected chi connectivity index (χ0v) is 14.4. The van der Waals surface area contributed by atoms with Crippen LogP contribution in [0.2, 0.25) is 0 Å². The highest BCUT2D eigenvalue weighted by atomic mass is 32.2. The van der Waals surface area contributed by atoms with Gasteiger partial charge in [0.1, 0.15) is 28.5 Å². The Kier molecular flexibility index (Phi) is 4.52. The number of aryl methyl sites for hydroxylation is 1. The van der Waals surface area contributed by atoms with E-state index in [1.54, 1.807) is 0 Å². The van der Waals surface area contributed by atoms with Gasteiger partial charge in [0.05, 0.1) is 5.56 Å². The van der Waals surface area contributed by atoms with Crippen molar-refractivity contribution in [1.29, 1.82) is 10.5 Å². The standard InChI is InChI=1S/C18H12N4S2/c1-11-4-6-12(7-5-11)24-18-14(10-20)16(15-3-2-8-23-15)13(9-19)17(21)22-18/h2-8H,1H3,(H2,21,22). The summed E-state index contributed by atoms with van der Waals surface area (Å²) in [5.41, 5.74) is 8.35. The normalized spacial score (nSPS) is 10.1. The number of benzene rings is 1. The van der Waals surface area contributed by atoms with Crippen LogP contribution in [0.5, 0.6) is 0 Å². The highest BCUT2D eigenvalue weighted by molar-refractivity contribution is 7.99. The third-order valence-corrected chi connectivity index (χ3v) is 5.30. The van der Waals surface area contributed by atoms with Crippen LogP contribution in [0.4, 0.5) is 5.82 Å². The van der Waals surface area contributed by atoms with E-state index in [0.29, 0.717) is 16.2 Å². The van der Waals surface area contributed by atoms with Gasteiger partial charge in [-0.1, -0.05) is 35.5 Å². The molecule has 2 aromatic heterocycles. The molecular formula is C18H12N4S2. The summed E-state index contributed by atoms with van der Waals surface area (Å²) < 4.78 is 0. The molecular weight excluding hydrogens is 336 g/mol. The van der Waals surface area contributed by atoms with Crippen molar-refractivity contribution in [1.82, 2.24) is 4.98 Å². The monoisotopic (exact) mass is 348 g/mol. The quantitative estimate of drug-likeness (QED) is 0.748. The Morgan fingerprint density at radius 1 is 1.08 bits per heavy atom. The molecule has 0 radical (unpaired) electrons. The van der Waals surface area contributed by atoms with Crippen LogP contribution in [0.1, 0.15) is 16.7 Å². The maximum atomic E-state index is 9.68. The van der Waals surface area contributed by atoms with Crippen LogP contribution in [-0.4, -0.2) is 4.98 Å². The van der Waals surface area contributed by atoms with E-state index in [2.05, 4.69) is 17.1 Å². The van der Waals surface area contributed by atoms with E-state index < -0.39 is 0 Å². The second kappa shape index (κ2) is 6.76. The van der Waals surface area contributed by atoms with Crippen LogP contribution in [0.25, 0.3) is 10.4 Å². The van der Waals surface area contributed by atoms with Crippen LogP contribution < -0.4 is 5.73 Å². The Balaban J connectivity index is 2.19. The number of nitrogens with two attached hydrogens (primary N) is 1. The molecule has 0 aliphatic heterocycles. The number of nitriles is 2. The van der Waals surface area contributed by atoms with Crippen LogP contribution in [0.15, 0.2) is 51.7 Å². The zero-order valence-electron chi connectivity index (χ0n) is 12.8. The number of thiophene rings is 1. The number of aromatic nitrogens is 1. The number of pyridine rings is 1. The summed E-state index contributed by atoms with van der Waals surface area (Å²) in [6, 6.07) is 16.0. The van der Waals surface area contributed by atoms with Gasteiger partial charge in [-0.3, -0.25) is 0 Å². The fourth-order valence-corrected chi connectivity index (χ4v) is 3.93. The van der Waals surface area contributed by atoms with Gasteiger partial charge in [0.15, 0.2) is 0 Å². The van der Waals surface area contributed by atoms with Crippen molar-refractivity contribution in [3.63, 3.8) is 0 Å². The molecule has 0 aliphatic rings. The van der Waals surface area contributed by atoms with Gasteiger partial charge in [-0.05, 0) is 30.5 Å². The molecule has 116 valence electrons. The van der Waals surface area contributed by atoms with Gasteiger partial charge < -0.3 is 5.73 Å². The molecule has 0 aliphatic carbocycles. The second-order valence-corrected chi connectivity index (χ2v) is 7.05. The van der Waals surface area contributed by atoms with Gasteiger partial charge in [0.25, 0.3) is 0 Å². The molecule has 1 aromatic carbocycles. The summed E-state index contributed by atoms with van der Waals surface area (Å²) in [7, 11) is 0. The number of nitrogens with zero attached hydrogens (tertiary/aromatic N) is 3. The van der Waals surface area contributed by atoms with Crippen LogP contribution in [0, 0.1) is 29.6 Å². The van der Waals surface area contributed by atoms with Crippen molar-refractivity contribution in [3.05, 3.63) is 58.5 Å². The van der Waals surface area contributed by atoms with Gasteiger partial charge in [-0.25, -0.2) is 4.98 Å². The van der Waals surface area contributed by atoms with Crippen LogP contribution >= 0.6 is 23.1 Å². The first-order valence-corrected chi connectivity index (χ1v) is 8.75. The lowest BCUT2D eigenvalue weighted by molar-refractivity contribution is 1.11. The molecule has 0 atom stereocenters. The average molecular weight is 348 g/mol. The summed E-state index contributed by atoms with van der Waals surface area (Å²) in [5.74, 6) is 0.148. The molecule has 4 nitrogen and oxygen atoms in total. The zero-order chi connectivity index (χ0) is 17.1. The fourth-order valence-electron chi connectivity index (χ4n) is 2.26. The third-order valence-electron chi connectivity index (χ3n) is 3.42. The van der Waals surface area contributed by atoms with Gasteiger partial charge in [0.2, 0.25) is 0 Å². The Bertz CT molecular complexity index is 962. The predicted octanol–water partition coefficient (Wildman–Crippen LogP) is 4.60. The van der Waals surface area contributed by atoms with Gasteiger partial charge >= 0.3 is 0 Å². The van der Waals surface area contributed by atoms with E-state index >= 15 is 0 Å². The van der Waals surface area contributed by atoms with E-state index in [-0.39, 0.29) is 11.4 Å². The molecule has 2 N–H and O–H groups in total. The maximum Gasteiger partial charge on any atom is 0.143 e. The molecule has 0 fully saturated rings. The van der Waals surface area contributed by atoms with Crippen molar-refractivity contribution in [2.24, 2.45) is 0 Å². The molecule has 0 amide bonds. The first kappa shape index (κ1) is 16.1. The van der Waals surface area contributed by atoms with E-state index in [1.165, 1.54) is 23.1 Å². The summed E-state index contributed by atoms with van der Waals surface area (Å²) in [6.07, 6.45) is 0. The Morgan fingerprint density at radius 2 is 1.79 bits per heavy atom. The predicted molar refractivity (Wildman–Crippen MR) is 96.7 cm³/mol. The summed E-state index contributed by atoms with van der Waals surface area (Å²) >= 11 is 2.84. The Labute approximate surface area is 148 Å². The molecule has 0 unspecified atom stereocenters. The molecule has 0 spiro atoms. The fraction of sp³-hybridized carbons (Fsp3) is 0.0556. The van der Waals surface area contributed by atoms with E-state index in [1.807, 2.05) is 48.7 Å². The smallest absolute Gasteiger partial charge is 0.143 e. The van der Waals surface area contributed by atoms with Crippen molar-refractivity contribution >= 4 is 28.9 Å². The number of hydrogen-bond acceptors (Lipinski definition) is 6. The molecule has 24 heavy (non-hydrogen) atoms. The van der Waals surface area contributed by atoms with Crippen molar-refractivity contribution < 1.29 is 0 Å². The second-order valence-electron chi connectivity index (χ2n) is 5.04. The average Bonchev–Trinajstić information content (AvgIpc) is 3.10. The Morgan fingerprint density at radius 3 is 2.38 bits per heavy atom. The van der Waals surface area contributed by atoms with Crippen LogP contribution in [-0.2, 0) is 0 Å². The lowest BCUT2D eigenvalue weighted by atomic mass is 10.0. The number of hydrogen-bond donors (Lipinski definition) is 1. The molecule has 0 saturated heterocycles. The lowest BCUT2D eigenvalue weighted by Gasteiger charge is -2.11. The van der Waals surface area contributed by atoms with Crippen molar-refractivity contribution in [2.75, 3.05) is 5.73 Å². The largest absolute Gasteiger partial charge is 0.383 e. The third kappa shape index (κ3) is 2.98. The number of rotatable bonds is 3. The van der Waals surface area contributed by atoms with Gasteiger partial charge in [-0.2, -0.15) is 10.5 Å². The van der Waals surface area contributed by atoms with Crippen LogP contribution in [0.3, 0.4) is 0 Å². The minimum atomic E-state index is 0.148.